The first-order valence-electron chi connectivity index (χ1n) is 8.75. The quantitative estimate of drug-likeness (QED) is 0.422. The molecule has 5 heteroatoms. The number of hydrogen-bond acceptors (Lipinski definition) is 5. The number of carbonyl (C=O) groups excluding carboxylic acids is 3. The molecule has 0 unspecified atom stereocenters. The molecule has 140 valence electrons. The molecule has 0 aromatic rings. The molecule has 0 spiro atoms. The lowest BCUT2D eigenvalue weighted by molar-refractivity contribution is -0.128. The average Bonchev–Trinajstić information content (AvgIpc) is 2.51. The molecule has 0 radical (unpaired) electrons. The Bertz CT molecular complexity index is 567. The Hall–Kier alpha value is -1.59. The summed E-state index contributed by atoms with van der Waals surface area (Å²) < 4.78 is 11.8. The number of hydrogen-bond donors (Lipinski definition) is 0. The van der Waals surface area contributed by atoms with Gasteiger partial charge in [-0.15, -0.1) is 0 Å². The fraction of sp³-hybridized carbons (Fsp3) is 0.650. The first kappa shape index (κ1) is 21.5. The van der Waals surface area contributed by atoms with Crippen molar-refractivity contribution >= 4 is 17.3 Å². The summed E-state index contributed by atoms with van der Waals surface area (Å²) in [7, 11) is 0. The van der Waals surface area contributed by atoms with Gasteiger partial charge in [0.1, 0.15) is 5.78 Å². The molecule has 0 heterocycles. The van der Waals surface area contributed by atoms with Crippen LogP contribution in [-0.4, -0.2) is 41.8 Å². The van der Waals surface area contributed by atoms with Gasteiger partial charge >= 0.3 is 0 Å². The summed E-state index contributed by atoms with van der Waals surface area (Å²) in [6.07, 6.45) is 6.37. The van der Waals surface area contributed by atoms with Gasteiger partial charge < -0.3 is 14.3 Å². The highest BCUT2D eigenvalue weighted by Crippen LogP contribution is 2.21. The van der Waals surface area contributed by atoms with Crippen molar-refractivity contribution < 1.29 is 23.9 Å². The second kappa shape index (κ2) is 9.20. The zero-order valence-electron chi connectivity index (χ0n) is 16.0. The summed E-state index contributed by atoms with van der Waals surface area (Å²) in [6.45, 7) is 10.3. The molecule has 0 atom stereocenters. The van der Waals surface area contributed by atoms with Gasteiger partial charge in [-0.3, -0.25) is 9.59 Å². The predicted molar refractivity (Wildman–Crippen MR) is 96.4 cm³/mol. The van der Waals surface area contributed by atoms with Gasteiger partial charge in [-0.1, -0.05) is 0 Å². The molecule has 0 amide bonds. The van der Waals surface area contributed by atoms with Crippen molar-refractivity contribution in [1.29, 1.82) is 0 Å². The SMILES string of the molecule is CC(=O)CCC(C)(C)OCC(C)(C)OCCCC1=CC(=O)C=CC1=O. The predicted octanol–water partition coefficient (Wildman–Crippen LogP) is 3.36. The second-order valence-electron chi connectivity index (χ2n) is 7.73. The Morgan fingerprint density at radius 1 is 1.04 bits per heavy atom. The molecule has 0 saturated heterocycles. The van der Waals surface area contributed by atoms with Gasteiger partial charge in [-0.2, -0.15) is 0 Å². The number of ketones is 3. The Morgan fingerprint density at radius 3 is 2.36 bits per heavy atom. The zero-order chi connectivity index (χ0) is 19.1. The largest absolute Gasteiger partial charge is 0.373 e. The van der Waals surface area contributed by atoms with Crippen molar-refractivity contribution in [3.8, 4) is 0 Å². The van der Waals surface area contributed by atoms with Crippen LogP contribution >= 0.6 is 0 Å². The van der Waals surface area contributed by atoms with Crippen LogP contribution in [0, 0.1) is 0 Å². The first-order chi connectivity index (χ1) is 11.5. The van der Waals surface area contributed by atoms with Gasteiger partial charge in [0.15, 0.2) is 11.6 Å². The van der Waals surface area contributed by atoms with Crippen LogP contribution in [0.3, 0.4) is 0 Å². The zero-order valence-corrected chi connectivity index (χ0v) is 16.0. The number of carbonyl (C=O) groups is 3. The highest BCUT2D eigenvalue weighted by Gasteiger charge is 2.25. The van der Waals surface area contributed by atoms with E-state index in [9.17, 15) is 14.4 Å². The maximum Gasteiger partial charge on any atom is 0.182 e. The molecule has 5 nitrogen and oxygen atoms in total. The van der Waals surface area contributed by atoms with E-state index in [-0.39, 0.29) is 23.0 Å². The van der Waals surface area contributed by atoms with Crippen LogP contribution in [0.4, 0.5) is 0 Å². The minimum absolute atomic E-state index is 0.102. The van der Waals surface area contributed by atoms with E-state index in [0.29, 0.717) is 44.5 Å². The third kappa shape index (κ3) is 8.89. The van der Waals surface area contributed by atoms with Gasteiger partial charge in [0.05, 0.1) is 17.8 Å². The topological polar surface area (TPSA) is 69.7 Å². The molecular formula is C20H30O5. The van der Waals surface area contributed by atoms with E-state index in [2.05, 4.69) is 0 Å². The number of ether oxygens (including phenoxy) is 2. The minimum Gasteiger partial charge on any atom is -0.373 e. The molecular weight excluding hydrogens is 320 g/mol. The van der Waals surface area contributed by atoms with Crippen molar-refractivity contribution in [2.75, 3.05) is 13.2 Å². The van der Waals surface area contributed by atoms with Gasteiger partial charge in [0, 0.05) is 18.6 Å². The maximum atomic E-state index is 11.7. The summed E-state index contributed by atoms with van der Waals surface area (Å²) in [5.74, 6) is -0.0847. The minimum atomic E-state index is -0.464. The van der Waals surface area contributed by atoms with Crippen LogP contribution in [0.15, 0.2) is 23.8 Å². The van der Waals surface area contributed by atoms with E-state index in [1.807, 2.05) is 27.7 Å². The van der Waals surface area contributed by atoms with Crippen LogP contribution < -0.4 is 0 Å². The smallest absolute Gasteiger partial charge is 0.182 e. The highest BCUT2D eigenvalue weighted by molar-refractivity contribution is 6.17. The molecule has 0 bridgehead atoms. The second-order valence-corrected chi connectivity index (χ2v) is 7.73. The standard InChI is InChI=1S/C20H30O5/c1-15(21)10-11-19(2,3)25-14-20(4,5)24-12-6-7-16-13-17(22)8-9-18(16)23/h8-9,13H,6-7,10-12,14H2,1-5H3. The molecule has 0 aliphatic heterocycles. The van der Waals surface area contributed by atoms with Gasteiger partial charge in [0.2, 0.25) is 0 Å². The molecule has 0 N–H and O–H groups in total. The lowest BCUT2D eigenvalue weighted by atomic mass is 9.99. The van der Waals surface area contributed by atoms with E-state index in [1.54, 1.807) is 6.92 Å². The van der Waals surface area contributed by atoms with E-state index in [0.717, 1.165) is 0 Å². The molecule has 0 aromatic heterocycles. The van der Waals surface area contributed by atoms with Crippen molar-refractivity contribution in [3.63, 3.8) is 0 Å². The van der Waals surface area contributed by atoms with Crippen LogP contribution in [0.1, 0.15) is 60.3 Å². The first-order valence-corrected chi connectivity index (χ1v) is 8.75. The number of Topliss-reactive ketones (excluding diaryl/α,β-unsaturated/α-hetero) is 1. The Balaban J connectivity index is 2.32. The third-order valence-electron chi connectivity index (χ3n) is 4.00. The number of allylic oxidation sites excluding steroid dienone is 4. The number of rotatable bonds is 11. The van der Waals surface area contributed by atoms with E-state index >= 15 is 0 Å². The monoisotopic (exact) mass is 350 g/mol. The van der Waals surface area contributed by atoms with E-state index < -0.39 is 5.60 Å². The molecule has 25 heavy (non-hydrogen) atoms. The average molecular weight is 350 g/mol. The third-order valence-corrected chi connectivity index (χ3v) is 4.00. The van der Waals surface area contributed by atoms with Crippen LogP contribution in [0.2, 0.25) is 0 Å². The van der Waals surface area contributed by atoms with Crippen molar-refractivity contribution in [2.45, 2.75) is 71.5 Å². The highest BCUT2D eigenvalue weighted by atomic mass is 16.6. The Morgan fingerprint density at radius 2 is 1.72 bits per heavy atom. The molecule has 0 fully saturated rings. The van der Waals surface area contributed by atoms with E-state index in [1.165, 1.54) is 18.2 Å². The molecule has 0 saturated carbocycles. The summed E-state index contributed by atoms with van der Waals surface area (Å²) in [6, 6.07) is 0. The van der Waals surface area contributed by atoms with E-state index in [4.69, 9.17) is 9.47 Å². The lowest BCUT2D eigenvalue weighted by Crippen LogP contribution is -2.37. The summed E-state index contributed by atoms with van der Waals surface area (Å²) in [4.78, 5) is 34.1. The lowest BCUT2D eigenvalue weighted by Gasteiger charge is -2.32. The molecule has 1 aliphatic carbocycles. The Labute approximate surface area is 150 Å². The Kier molecular flexibility index (Phi) is 7.90. The van der Waals surface area contributed by atoms with Crippen molar-refractivity contribution in [1.82, 2.24) is 0 Å². The normalized spacial score (nSPS) is 15.5. The van der Waals surface area contributed by atoms with Crippen LogP contribution in [-0.2, 0) is 23.9 Å². The summed E-state index contributed by atoms with van der Waals surface area (Å²) >= 11 is 0. The molecule has 1 rings (SSSR count). The van der Waals surface area contributed by atoms with Crippen molar-refractivity contribution in [3.05, 3.63) is 23.8 Å². The summed E-state index contributed by atoms with van der Waals surface area (Å²) in [5.41, 5.74) is -0.303. The fourth-order valence-corrected chi connectivity index (χ4v) is 2.32. The van der Waals surface area contributed by atoms with Crippen LogP contribution in [0.5, 0.6) is 0 Å². The molecule has 1 aliphatic rings. The van der Waals surface area contributed by atoms with Gasteiger partial charge in [-0.25, -0.2) is 0 Å². The molecule has 0 aromatic carbocycles. The van der Waals surface area contributed by atoms with Crippen LogP contribution in [0.25, 0.3) is 0 Å². The van der Waals surface area contributed by atoms with Gasteiger partial charge in [0.25, 0.3) is 0 Å². The van der Waals surface area contributed by atoms with Gasteiger partial charge in [-0.05, 0) is 72.1 Å². The van der Waals surface area contributed by atoms with Crippen molar-refractivity contribution in [2.24, 2.45) is 0 Å². The maximum absolute atomic E-state index is 11.7. The fourth-order valence-electron chi connectivity index (χ4n) is 2.32. The summed E-state index contributed by atoms with van der Waals surface area (Å²) in [5, 5.41) is 0.